The van der Waals surface area contributed by atoms with E-state index >= 15 is 0 Å². The van der Waals surface area contributed by atoms with Crippen molar-refractivity contribution in [1.82, 2.24) is 5.32 Å². The molecule has 1 aromatic carbocycles. The fraction of sp³-hybridized carbons (Fsp3) is 0.385. The van der Waals surface area contributed by atoms with Gasteiger partial charge in [0.25, 0.3) is 0 Å². The van der Waals surface area contributed by atoms with Crippen molar-refractivity contribution < 1.29 is 14.0 Å². The van der Waals surface area contributed by atoms with Gasteiger partial charge in [0, 0.05) is 4.47 Å². The maximum Gasteiger partial charge on any atom is 0.250 e. The van der Waals surface area contributed by atoms with Crippen LogP contribution in [0.15, 0.2) is 22.7 Å². The van der Waals surface area contributed by atoms with Gasteiger partial charge in [-0.15, -0.1) is 0 Å². The predicted molar refractivity (Wildman–Crippen MR) is 71.1 cm³/mol. The molecule has 1 saturated heterocycles. The van der Waals surface area contributed by atoms with Crippen LogP contribution in [0, 0.1) is 11.7 Å². The number of amides is 2. The Morgan fingerprint density at radius 3 is 2.74 bits per heavy atom. The van der Waals surface area contributed by atoms with Gasteiger partial charge in [-0.2, -0.15) is 0 Å². The zero-order valence-corrected chi connectivity index (χ0v) is 11.6. The smallest absolute Gasteiger partial charge is 0.250 e. The quantitative estimate of drug-likeness (QED) is 0.901. The lowest BCUT2D eigenvalue weighted by atomic mass is 10.1. The second-order valence-corrected chi connectivity index (χ2v) is 5.82. The van der Waals surface area contributed by atoms with Gasteiger partial charge in [0.1, 0.15) is 18.4 Å². The molecule has 0 bridgehead atoms. The number of nitrogens with one attached hydrogen (secondary N) is 1. The molecule has 6 heteroatoms. The monoisotopic (exact) mass is 326 g/mol. The Balaban J connectivity index is 1.95. The highest BCUT2D eigenvalue weighted by Gasteiger charge is 2.43. The maximum absolute atomic E-state index is 13.9. The van der Waals surface area contributed by atoms with Crippen molar-refractivity contribution in [3.05, 3.63) is 28.5 Å². The van der Waals surface area contributed by atoms with Gasteiger partial charge in [-0.25, -0.2) is 4.39 Å². The summed E-state index contributed by atoms with van der Waals surface area (Å²) in [5.41, 5.74) is 0.153. The lowest BCUT2D eigenvalue weighted by molar-refractivity contribution is -0.131. The van der Waals surface area contributed by atoms with E-state index in [9.17, 15) is 14.0 Å². The van der Waals surface area contributed by atoms with Crippen LogP contribution in [0.2, 0.25) is 0 Å². The predicted octanol–water partition coefficient (Wildman–Crippen LogP) is 1.83. The number of rotatable bonds is 2. The standard InChI is InChI=1S/C13H12BrFN2O2/c14-8-3-4-9(15)10(5-8)17-6-11(18)16-12(13(17)19)7-1-2-7/h3-5,7,12H,1-2,6H2,(H,16,18). The molecular weight excluding hydrogens is 315 g/mol. The van der Waals surface area contributed by atoms with Crippen molar-refractivity contribution in [2.24, 2.45) is 5.92 Å². The first kappa shape index (κ1) is 12.6. The van der Waals surface area contributed by atoms with Crippen LogP contribution in [0.25, 0.3) is 0 Å². The van der Waals surface area contributed by atoms with Crippen molar-refractivity contribution >= 4 is 33.4 Å². The summed E-state index contributed by atoms with van der Waals surface area (Å²) < 4.78 is 14.5. The average molecular weight is 327 g/mol. The molecule has 1 aliphatic heterocycles. The fourth-order valence-corrected chi connectivity index (χ4v) is 2.66. The molecule has 1 saturated carbocycles. The van der Waals surface area contributed by atoms with E-state index in [4.69, 9.17) is 0 Å². The van der Waals surface area contributed by atoms with E-state index in [1.165, 1.54) is 17.0 Å². The Kier molecular flexibility index (Phi) is 3.05. The van der Waals surface area contributed by atoms with Crippen LogP contribution in [0.1, 0.15) is 12.8 Å². The van der Waals surface area contributed by atoms with Gasteiger partial charge in [0.05, 0.1) is 5.69 Å². The first-order valence-corrected chi connectivity index (χ1v) is 6.91. The minimum Gasteiger partial charge on any atom is -0.342 e. The largest absolute Gasteiger partial charge is 0.342 e. The van der Waals surface area contributed by atoms with Gasteiger partial charge in [-0.3, -0.25) is 14.5 Å². The second-order valence-electron chi connectivity index (χ2n) is 4.90. The fourth-order valence-electron chi connectivity index (χ4n) is 2.32. The molecular formula is C13H12BrFN2O2. The first-order chi connectivity index (χ1) is 9.06. The number of anilines is 1. The Morgan fingerprint density at radius 1 is 1.32 bits per heavy atom. The lowest BCUT2D eigenvalue weighted by Crippen LogP contribution is -2.59. The second kappa shape index (κ2) is 4.59. The zero-order valence-electron chi connectivity index (χ0n) is 10.0. The van der Waals surface area contributed by atoms with Crippen molar-refractivity contribution in [3.63, 3.8) is 0 Å². The van der Waals surface area contributed by atoms with Crippen molar-refractivity contribution in [1.29, 1.82) is 0 Å². The molecule has 1 aliphatic carbocycles. The summed E-state index contributed by atoms with van der Waals surface area (Å²) >= 11 is 3.25. The summed E-state index contributed by atoms with van der Waals surface area (Å²) in [6.45, 7) is -0.130. The van der Waals surface area contributed by atoms with Gasteiger partial charge in [-0.05, 0) is 37.0 Å². The molecule has 2 amide bonds. The zero-order chi connectivity index (χ0) is 13.6. The van der Waals surface area contributed by atoms with Crippen LogP contribution in [-0.2, 0) is 9.59 Å². The van der Waals surface area contributed by atoms with Crippen molar-refractivity contribution in [2.75, 3.05) is 11.4 Å². The van der Waals surface area contributed by atoms with Crippen molar-refractivity contribution in [2.45, 2.75) is 18.9 Å². The molecule has 1 unspecified atom stereocenters. The van der Waals surface area contributed by atoms with Gasteiger partial charge in [0.2, 0.25) is 11.8 Å². The molecule has 2 aliphatic rings. The third kappa shape index (κ3) is 2.36. The summed E-state index contributed by atoms with van der Waals surface area (Å²) in [4.78, 5) is 25.3. The minimum absolute atomic E-state index is 0.130. The third-order valence-electron chi connectivity index (χ3n) is 3.44. The highest BCUT2D eigenvalue weighted by Crippen LogP contribution is 2.35. The maximum atomic E-state index is 13.9. The third-order valence-corrected chi connectivity index (χ3v) is 3.94. The lowest BCUT2D eigenvalue weighted by Gasteiger charge is -2.32. The molecule has 0 spiro atoms. The number of carbonyl (C=O) groups is 2. The van der Waals surface area contributed by atoms with E-state index in [1.807, 2.05) is 0 Å². The normalized spacial score (nSPS) is 23.5. The van der Waals surface area contributed by atoms with Gasteiger partial charge in [-0.1, -0.05) is 15.9 Å². The Labute approximate surface area is 118 Å². The number of piperazine rings is 1. The minimum atomic E-state index is -0.500. The van der Waals surface area contributed by atoms with Crippen LogP contribution >= 0.6 is 15.9 Å². The Morgan fingerprint density at radius 2 is 2.05 bits per heavy atom. The van der Waals surface area contributed by atoms with E-state index in [2.05, 4.69) is 21.2 Å². The van der Waals surface area contributed by atoms with E-state index in [1.54, 1.807) is 6.07 Å². The summed E-state index contributed by atoms with van der Waals surface area (Å²) in [5, 5.41) is 2.70. The SMILES string of the molecule is O=C1CN(c2cc(Br)ccc2F)C(=O)C(C2CC2)N1. The average Bonchev–Trinajstić information content (AvgIpc) is 3.19. The topological polar surface area (TPSA) is 49.4 Å². The van der Waals surface area contributed by atoms with Gasteiger partial charge >= 0.3 is 0 Å². The van der Waals surface area contributed by atoms with E-state index in [0.717, 1.165) is 12.8 Å². The molecule has 1 heterocycles. The first-order valence-electron chi connectivity index (χ1n) is 6.12. The van der Waals surface area contributed by atoms with Gasteiger partial charge in [0.15, 0.2) is 0 Å². The molecule has 1 N–H and O–H groups in total. The summed E-state index contributed by atoms with van der Waals surface area (Å²) in [6, 6.07) is 3.87. The number of carbonyl (C=O) groups excluding carboxylic acids is 2. The Bertz CT molecular complexity index is 560. The highest BCUT2D eigenvalue weighted by atomic mass is 79.9. The summed E-state index contributed by atoms with van der Waals surface area (Å²) in [5.74, 6) is -0.759. The molecule has 0 radical (unpaired) electrons. The van der Waals surface area contributed by atoms with E-state index < -0.39 is 11.9 Å². The number of halogens is 2. The van der Waals surface area contributed by atoms with Crippen LogP contribution < -0.4 is 10.2 Å². The Hall–Kier alpha value is -1.43. The van der Waals surface area contributed by atoms with Crippen molar-refractivity contribution in [3.8, 4) is 0 Å². The molecule has 100 valence electrons. The molecule has 1 aromatic rings. The van der Waals surface area contributed by atoms with Crippen LogP contribution in [0.5, 0.6) is 0 Å². The van der Waals surface area contributed by atoms with Crippen LogP contribution in [0.4, 0.5) is 10.1 Å². The summed E-state index contributed by atoms with van der Waals surface area (Å²) in [7, 11) is 0. The molecule has 0 aromatic heterocycles. The summed E-state index contributed by atoms with van der Waals surface area (Å²) in [6.07, 6.45) is 1.87. The van der Waals surface area contributed by atoms with Crippen LogP contribution in [-0.4, -0.2) is 24.4 Å². The number of hydrogen-bond acceptors (Lipinski definition) is 2. The number of benzene rings is 1. The molecule has 3 rings (SSSR count). The molecule has 4 nitrogen and oxygen atoms in total. The molecule has 1 atom stereocenters. The molecule has 19 heavy (non-hydrogen) atoms. The number of nitrogens with zero attached hydrogens (tertiary/aromatic N) is 1. The van der Waals surface area contributed by atoms with E-state index in [0.29, 0.717) is 4.47 Å². The van der Waals surface area contributed by atoms with Gasteiger partial charge < -0.3 is 5.32 Å². The number of hydrogen-bond donors (Lipinski definition) is 1. The highest BCUT2D eigenvalue weighted by molar-refractivity contribution is 9.10. The van der Waals surface area contributed by atoms with E-state index in [-0.39, 0.29) is 30.0 Å². The molecule has 2 fully saturated rings. The van der Waals surface area contributed by atoms with Crippen LogP contribution in [0.3, 0.4) is 0 Å².